The van der Waals surface area contributed by atoms with Gasteiger partial charge in [0, 0.05) is 17.4 Å². The van der Waals surface area contributed by atoms with Crippen molar-refractivity contribution in [2.75, 3.05) is 24.9 Å². The molecule has 0 saturated heterocycles. The first-order valence-corrected chi connectivity index (χ1v) is 11.9. The van der Waals surface area contributed by atoms with Crippen LogP contribution in [0.25, 0.3) is 0 Å². The number of hydrogen-bond acceptors (Lipinski definition) is 7. The van der Waals surface area contributed by atoms with Crippen LogP contribution in [0.1, 0.15) is 57.5 Å². The maximum atomic E-state index is 14.0. The number of nitrogens with zero attached hydrogens (tertiary/aromatic N) is 3. The molecule has 0 aliphatic carbocycles. The number of anilines is 2. The van der Waals surface area contributed by atoms with Crippen LogP contribution in [0.15, 0.2) is 24.3 Å². The fourth-order valence-electron chi connectivity index (χ4n) is 4.35. The van der Waals surface area contributed by atoms with Crippen molar-refractivity contribution < 1.29 is 27.4 Å². The molecule has 0 saturated carbocycles. The van der Waals surface area contributed by atoms with Gasteiger partial charge in [-0.1, -0.05) is 13.0 Å². The Hall–Kier alpha value is -3.72. The van der Waals surface area contributed by atoms with Crippen LogP contribution >= 0.6 is 11.3 Å². The van der Waals surface area contributed by atoms with E-state index in [1.54, 1.807) is 18.2 Å². The largest absolute Gasteiger partial charge is 0.493 e. The van der Waals surface area contributed by atoms with Crippen molar-refractivity contribution in [1.82, 2.24) is 9.78 Å². The zero-order valence-corrected chi connectivity index (χ0v) is 20.8. The van der Waals surface area contributed by atoms with Gasteiger partial charge in [0.15, 0.2) is 23.2 Å². The van der Waals surface area contributed by atoms with E-state index in [4.69, 9.17) is 9.47 Å². The topological polar surface area (TPSA) is 101 Å². The number of alkyl halides is 3. The Balaban J connectivity index is 1.67. The maximum Gasteiger partial charge on any atom is 0.410 e. The third-order valence-corrected chi connectivity index (χ3v) is 7.20. The van der Waals surface area contributed by atoms with Gasteiger partial charge in [0.25, 0.3) is 5.91 Å². The number of benzene rings is 1. The van der Waals surface area contributed by atoms with Crippen LogP contribution in [0, 0.1) is 18.3 Å². The van der Waals surface area contributed by atoms with Crippen molar-refractivity contribution in [1.29, 1.82) is 5.26 Å². The van der Waals surface area contributed by atoms with Gasteiger partial charge in [0.1, 0.15) is 16.9 Å². The summed E-state index contributed by atoms with van der Waals surface area (Å²) in [5.41, 5.74) is 1.57. The predicted molar refractivity (Wildman–Crippen MR) is 129 cm³/mol. The highest BCUT2D eigenvalue weighted by Crippen LogP contribution is 2.45. The summed E-state index contributed by atoms with van der Waals surface area (Å²) in [4.78, 5) is 13.8. The van der Waals surface area contributed by atoms with Crippen LogP contribution in [0.4, 0.5) is 24.0 Å². The predicted octanol–water partition coefficient (Wildman–Crippen LogP) is 5.62. The standard InChI is InChI=1S/C24H24F3N5O3S/c1-5-14-12(2)36-23(15(14)11-28)30-22(33)17-10-21-29-16(9-20(24(25,26)27)32(21)31-17)13-6-7-18(34-3)19(8-13)35-4/h6-8,10,16,20,29H,5,9H2,1-4H3,(H,30,33)/t16-,20-/m0/s1. The van der Waals surface area contributed by atoms with Crippen molar-refractivity contribution in [2.24, 2.45) is 0 Å². The van der Waals surface area contributed by atoms with E-state index in [9.17, 15) is 23.2 Å². The number of rotatable bonds is 6. The molecule has 8 nitrogen and oxygen atoms in total. The maximum absolute atomic E-state index is 14.0. The molecule has 2 N–H and O–H groups in total. The lowest BCUT2D eigenvalue weighted by molar-refractivity contribution is -0.173. The Labute approximate surface area is 209 Å². The second-order valence-electron chi connectivity index (χ2n) is 8.22. The van der Waals surface area contributed by atoms with Gasteiger partial charge in [-0.05, 0) is 36.6 Å². The summed E-state index contributed by atoms with van der Waals surface area (Å²) in [5, 5.41) is 19.6. The Bertz CT molecular complexity index is 1340. The molecule has 1 amide bonds. The van der Waals surface area contributed by atoms with Gasteiger partial charge in [-0.15, -0.1) is 11.3 Å². The second-order valence-corrected chi connectivity index (χ2v) is 9.45. The van der Waals surface area contributed by atoms with Crippen molar-refractivity contribution in [2.45, 2.75) is 44.9 Å². The van der Waals surface area contributed by atoms with Crippen LogP contribution in [-0.2, 0) is 6.42 Å². The lowest BCUT2D eigenvalue weighted by atomic mass is 9.96. The smallest absolute Gasteiger partial charge is 0.410 e. The molecule has 36 heavy (non-hydrogen) atoms. The first-order chi connectivity index (χ1) is 17.1. The van der Waals surface area contributed by atoms with Crippen LogP contribution in [0.3, 0.4) is 0 Å². The number of methoxy groups -OCH3 is 2. The van der Waals surface area contributed by atoms with Crippen molar-refractivity contribution in [3.05, 3.63) is 51.5 Å². The Morgan fingerprint density at radius 3 is 2.64 bits per heavy atom. The van der Waals surface area contributed by atoms with Gasteiger partial charge in [0.05, 0.1) is 25.8 Å². The first kappa shape index (κ1) is 25.4. The second kappa shape index (κ2) is 9.73. The van der Waals surface area contributed by atoms with Gasteiger partial charge in [-0.3, -0.25) is 4.79 Å². The number of carbonyl (C=O) groups excluding carboxylic acids is 1. The van der Waals surface area contributed by atoms with E-state index in [1.807, 2.05) is 13.8 Å². The summed E-state index contributed by atoms with van der Waals surface area (Å²) in [6, 6.07) is 5.64. The fraction of sp³-hybridized carbons (Fsp3) is 0.375. The fourth-order valence-corrected chi connectivity index (χ4v) is 5.44. The number of fused-ring (bicyclic) bond motifs is 1. The number of aryl methyl sites for hydroxylation is 1. The van der Waals surface area contributed by atoms with Gasteiger partial charge in [0.2, 0.25) is 0 Å². The molecule has 1 aliphatic heterocycles. The van der Waals surface area contributed by atoms with E-state index in [0.717, 1.165) is 15.1 Å². The zero-order valence-electron chi connectivity index (χ0n) is 20.0. The Morgan fingerprint density at radius 2 is 2.03 bits per heavy atom. The third-order valence-electron chi connectivity index (χ3n) is 6.13. The van der Waals surface area contributed by atoms with Gasteiger partial charge in [-0.2, -0.15) is 23.5 Å². The van der Waals surface area contributed by atoms with Gasteiger partial charge >= 0.3 is 6.18 Å². The molecule has 190 valence electrons. The third kappa shape index (κ3) is 4.58. The summed E-state index contributed by atoms with van der Waals surface area (Å²) < 4.78 is 53.5. The van der Waals surface area contributed by atoms with E-state index in [-0.39, 0.29) is 17.9 Å². The van der Waals surface area contributed by atoms with Crippen LogP contribution in [0.2, 0.25) is 0 Å². The lowest BCUT2D eigenvalue weighted by Gasteiger charge is -2.33. The Morgan fingerprint density at radius 1 is 1.31 bits per heavy atom. The number of nitrogens with one attached hydrogen (secondary N) is 2. The molecule has 0 unspecified atom stereocenters. The highest BCUT2D eigenvalue weighted by Gasteiger charge is 2.47. The minimum atomic E-state index is -4.60. The van der Waals surface area contributed by atoms with E-state index in [2.05, 4.69) is 21.8 Å². The van der Waals surface area contributed by atoms with Crippen LogP contribution < -0.4 is 20.1 Å². The number of carbonyl (C=O) groups is 1. The van der Waals surface area contributed by atoms with Crippen LogP contribution in [-0.4, -0.2) is 36.1 Å². The van der Waals surface area contributed by atoms with E-state index < -0.39 is 24.2 Å². The van der Waals surface area contributed by atoms with Crippen molar-refractivity contribution >= 4 is 28.1 Å². The van der Waals surface area contributed by atoms with E-state index >= 15 is 0 Å². The molecule has 0 spiro atoms. The number of amides is 1. The minimum Gasteiger partial charge on any atom is -0.493 e. The molecule has 0 bridgehead atoms. The molecule has 4 rings (SSSR count). The molecular formula is C24H24F3N5O3S. The number of aromatic nitrogens is 2. The van der Waals surface area contributed by atoms with Crippen molar-refractivity contribution in [3.8, 4) is 17.6 Å². The molecule has 12 heteroatoms. The van der Waals surface area contributed by atoms with Crippen LogP contribution in [0.5, 0.6) is 11.5 Å². The molecule has 0 fully saturated rings. The van der Waals surface area contributed by atoms with Gasteiger partial charge in [-0.25, -0.2) is 4.68 Å². The number of nitriles is 1. The lowest BCUT2D eigenvalue weighted by Crippen LogP contribution is -2.35. The van der Waals surface area contributed by atoms with E-state index in [1.165, 1.54) is 31.6 Å². The SMILES string of the molecule is CCc1c(C)sc(NC(=O)c2cc3n(n2)[C@H](C(F)(F)F)C[C@@H](c2ccc(OC)c(OC)c2)N3)c1C#N. The summed E-state index contributed by atoms with van der Waals surface area (Å²) in [5.74, 6) is 0.221. The summed E-state index contributed by atoms with van der Waals surface area (Å²) in [6.45, 7) is 3.75. The molecule has 0 radical (unpaired) electrons. The Kier molecular flexibility index (Phi) is 6.86. The normalized spacial score (nSPS) is 17.1. The number of ether oxygens (including phenoxy) is 2. The molecular weight excluding hydrogens is 495 g/mol. The van der Waals surface area contributed by atoms with Crippen molar-refractivity contribution in [3.63, 3.8) is 0 Å². The summed E-state index contributed by atoms with van der Waals surface area (Å²) in [7, 11) is 2.92. The number of thiophene rings is 1. The molecule has 2 atom stereocenters. The highest BCUT2D eigenvalue weighted by atomic mass is 32.1. The average molecular weight is 520 g/mol. The monoisotopic (exact) mass is 519 g/mol. The zero-order chi connectivity index (χ0) is 26.2. The molecule has 2 aromatic heterocycles. The summed E-state index contributed by atoms with van der Waals surface area (Å²) in [6.07, 6.45) is -4.31. The average Bonchev–Trinajstić information content (AvgIpc) is 3.42. The van der Waals surface area contributed by atoms with Gasteiger partial charge < -0.3 is 20.1 Å². The van der Waals surface area contributed by atoms with E-state index in [0.29, 0.717) is 34.0 Å². The molecule has 1 aliphatic rings. The highest BCUT2D eigenvalue weighted by molar-refractivity contribution is 7.16. The first-order valence-electron chi connectivity index (χ1n) is 11.1. The number of hydrogen-bond donors (Lipinski definition) is 2. The molecule has 3 heterocycles. The molecule has 1 aromatic carbocycles. The summed E-state index contributed by atoms with van der Waals surface area (Å²) >= 11 is 1.25. The quantitative estimate of drug-likeness (QED) is 0.439. The minimum absolute atomic E-state index is 0.0608. The number of halogens is 3. The molecule has 3 aromatic rings.